The molecule has 0 aliphatic heterocycles. The fraction of sp³-hybridized carbons (Fsp3) is 0.250. The van der Waals surface area contributed by atoms with Crippen LogP contribution in [-0.2, 0) is 11.3 Å². The number of hydrogen-bond acceptors (Lipinski definition) is 5. The van der Waals surface area contributed by atoms with Crippen molar-refractivity contribution in [3.63, 3.8) is 0 Å². The van der Waals surface area contributed by atoms with E-state index in [9.17, 15) is 9.59 Å². The first-order valence-corrected chi connectivity index (χ1v) is 9.54. The van der Waals surface area contributed by atoms with Crippen molar-refractivity contribution in [2.24, 2.45) is 0 Å². The number of nitrogens with one attached hydrogen (secondary N) is 2. The summed E-state index contributed by atoms with van der Waals surface area (Å²) in [5.41, 5.74) is 2.54. The van der Waals surface area contributed by atoms with Crippen LogP contribution in [0.25, 0.3) is 10.6 Å². The van der Waals surface area contributed by atoms with Gasteiger partial charge in [-0.2, -0.15) is 0 Å². The van der Waals surface area contributed by atoms with E-state index in [1.165, 1.54) is 16.9 Å². The van der Waals surface area contributed by atoms with Gasteiger partial charge in [-0.15, -0.1) is 11.3 Å². The second-order valence-corrected chi connectivity index (χ2v) is 7.21. The maximum atomic E-state index is 12.2. The number of furan rings is 1. The Morgan fingerprint density at radius 3 is 2.59 bits per heavy atom. The second-order valence-electron chi connectivity index (χ2n) is 6.35. The van der Waals surface area contributed by atoms with Crippen molar-refractivity contribution in [2.75, 3.05) is 6.54 Å². The molecule has 0 saturated heterocycles. The van der Waals surface area contributed by atoms with E-state index >= 15 is 0 Å². The molecule has 0 saturated carbocycles. The minimum atomic E-state index is -0.371. The van der Waals surface area contributed by atoms with Crippen LogP contribution < -0.4 is 10.6 Å². The molecule has 0 unspecified atom stereocenters. The first-order chi connectivity index (χ1) is 13.0. The van der Waals surface area contributed by atoms with Gasteiger partial charge in [0, 0.05) is 10.9 Å². The lowest BCUT2D eigenvalue weighted by Crippen LogP contribution is -2.36. The molecule has 0 aliphatic rings. The molecule has 0 radical (unpaired) electrons. The van der Waals surface area contributed by atoms with Crippen molar-refractivity contribution < 1.29 is 14.0 Å². The smallest absolute Gasteiger partial charge is 0.271 e. The number of carbonyl (C=O) groups is 2. The Balaban J connectivity index is 1.52. The molecule has 0 atom stereocenters. The third kappa shape index (κ3) is 5.04. The molecule has 3 rings (SSSR count). The highest BCUT2D eigenvalue weighted by atomic mass is 32.1. The van der Waals surface area contributed by atoms with Crippen LogP contribution in [0.3, 0.4) is 0 Å². The number of hydrogen-bond donors (Lipinski definition) is 2. The topological polar surface area (TPSA) is 84.2 Å². The molecule has 0 bridgehead atoms. The van der Waals surface area contributed by atoms with Crippen LogP contribution in [0.4, 0.5) is 0 Å². The van der Waals surface area contributed by atoms with E-state index in [4.69, 9.17) is 4.42 Å². The predicted molar refractivity (Wildman–Crippen MR) is 105 cm³/mol. The Morgan fingerprint density at radius 2 is 1.93 bits per heavy atom. The quantitative estimate of drug-likeness (QED) is 0.653. The molecule has 3 aromatic rings. The van der Waals surface area contributed by atoms with Gasteiger partial charge in [0.05, 0.1) is 19.4 Å². The van der Waals surface area contributed by atoms with Crippen molar-refractivity contribution >= 4 is 23.2 Å². The van der Waals surface area contributed by atoms with Gasteiger partial charge in [-0.25, -0.2) is 4.98 Å². The fourth-order valence-electron chi connectivity index (χ4n) is 2.43. The highest BCUT2D eigenvalue weighted by molar-refractivity contribution is 7.13. The third-order valence-corrected chi connectivity index (χ3v) is 4.90. The second kappa shape index (κ2) is 8.64. The van der Waals surface area contributed by atoms with Crippen LogP contribution in [0.1, 0.15) is 41.6 Å². The molecule has 0 fully saturated rings. The third-order valence-electron chi connectivity index (χ3n) is 4.01. The standard InChI is InChI=1S/C20H21N3O3S/c1-13(2)14-5-7-15(8-6-14)20-23-17(12-27-20)19(25)22-11-18(24)21-10-16-4-3-9-26-16/h3-9,12-13H,10-11H2,1-2H3,(H,21,24)(H,22,25). The van der Waals surface area contributed by atoms with E-state index in [0.717, 1.165) is 10.6 Å². The van der Waals surface area contributed by atoms with E-state index in [2.05, 4.69) is 41.6 Å². The first-order valence-electron chi connectivity index (χ1n) is 8.66. The van der Waals surface area contributed by atoms with Gasteiger partial charge in [0.1, 0.15) is 16.5 Å². The van der Waals surface area contributed by atoms with Crippen LogP contribution >= 0.6 is 11.3 Å². The molecule has 2 N–H and O–H groups in total. The van der Waals surface area contributed by atoms with Crippen LogP contribution in [0.5, 0.6) is 0 Å². The lowest BCUT2D eigenvalue weighted by molar-refractivity contribution is -0.120. The molecule has 0 spiro atoms. The van der Waals surface area contributed by atoms with Crippen molar-refractivity contribution in [2.45, 2.75) is 26.3 Å². The van der Waals surface area contributed by atoms with Gasteiger partial charge < -0.3 is 15.1 Å². The normalized spacial score (nSPS) is 10.8. The Hall–Kier alpha value is -2.93. The van der Waals surface area contributed by atoms with Crippen molar-refractivity contribution in [3.05, 3.63) is 65.1 Å². The van der Waals surface area contributed by atoms with Gasteiger partial charge in [0.2, 0.25) is 5.91 Å². The van der Waals surface area contributed by atoms with Gasteiger partial charge in [-0.3, -0.25) is 9.59 Å². The molecule has 0 aliphatic carbocycles. The zero-order valence-corrected chi connectivity index (χ0v) is 16.0. The van der Waals surface area contributed by atoms with Crippen LogP contribution in [0, 0.1) is 0 Å². The molecular weight excluding hydrogens is 362 g/mol. The average Bonchev–Trinajstić information content (AvgIpc) is 3.36. The van der Waals surface area contributed by atoms with E-state index in [-0.39, 0.29) is 24.9 Å². The Labute approximate surface area is 161 Å². The summed E-state index contributed by atoms with van der Waals surface area (Å²) < 4.78 is 5.13. The summed E-state index contributed by atoms with van der Waals surface area (Å²) in [4.78, 5) is 28.4. The summed E-state index contributed by atoms with van der Waals surface area (Å²) in [5.74, 6) is 0.460. The summed E-state index contributed by atoms with van der Waals surface area (Å²) in [6.45, 7) is 4.46. The summed E-state index contributed by atoms with van der Waals surface area (Å²) in [6, 6.07) is 11.7. The van der Waals surface area contributed by atoms with Crippen molar-refractivity contribution in [3.8, 4) is 10.6 Å². The SMILES string of the molecule is CC(C)c1ccc(-c2nc(C(=O)NCC(=O)NCc3ccco3)cs2)cc1. The summed E-state index contributed by atoms with van der Waals surface area (Å²) >= 11 is 1.40. The fourth-order valence-corrected chi connectivity index (χ4v) is 3.24. The Kier molecular flexibility index (Phi) is 6.03. The molecule has 1 aromatic carbocycles. The highest BCUT2D eigenvalue weighted by Gasteiger charge is 2.13. The van der Waals surface area contributed by atoms with E-state index < -0.39 is 0 Å². The molecule has 2 aromatic heterocycles. The minimum absolute atomic E-state index is 0.116. The van der Waals surface area contributed by atoms with Gasteiger partial charge >= 0.3 is 0 Å². The number of amides is 2. The van der Waals surface area contributed by atoms with Gasteiger partial charge in [-0.1, -0.05) is 38.1 Å². The van der Waals surface area contributed by atoms with E-state index in [1.807, 2.05) is 12.1 Å². The molecule has 140 valence electrons. The van der Waals surface area contributed by atoms with Crippen molar-refractivity contribution in [1.29, 1.82) is 0 Å². The monoisotopic (exact) mass is 383 g/mol. The number of aromatic nitrogens is 1. The number of carbonyl (C=O) groups excluding carboxylic acids is 2. The lowest BCUT2D eigenvalue weighted by Gasteiger charge is -2.05. The molecular formula is C20H21N3O3S. The number of rotatable bonds is 7. The largest absolute Gasteiger partial charge is 0.467 e. The Bertz CT molecular complexity index is 899. The molecule has 7 heteroatoms. The number of nitrogens with zero attached hydrogens (tertiary/aromatic N) is 1. The lowest BCUT2D eigenvalue weighted by atomic mass is 10.0. The zero-order chi connectivity index (χ0) is 19.2. The molecule has 2 heterocycles. The number of thiazole rings is 1. The van der Waals surface area contributed by atoms with Crippen molar-refractivity contribution in [1.82, 2.24) is 15.6 Å². The minimum Gasteiger partial charge on any atom is -0.467 e. The number of benzene rings is 1. The maximum absolute atomic E-state index is 12.2. The van der Waals surface area contributed by atoms with E-state index in [0.29, 0.717) is 17.4 Å². The first kappa shape index (κ1) is 18.8. The van der Waals surface area contributed by atoms with Gasteiger partial charge in [0.25, 0.3) is 5.91 Å². The molecule has 27 heavy (non-hydrogen) atoms. The summed E-state index contributed by atoms with van der Waals surface area (Å²) in [7, 11) is 0. The summed E-state index contributed by atoms with van der Waals surface area (Å²) in [5, 5.41) is 7.72. The van der Waals surface area contributed by atoms with E-state index in [1.54, 1.807) is 23.8 Å². The zero-order valence-electron chi connectivity index (χ0n) is 15.2. The van der Waals surface area contributed by atoms with Crippen LogP contribution in [-0.4, -0.2) is 23.3 Å². The van der Waals surface area contributed by atoms with Gasteiger partial charge in [-0.05, 0) is 23.6 Å². The maximum Gasteiger partial charge on any atom is 0.271 e. The Morgan fingerprint density at radius 1 is 1.15 bits per heavy atom. The highest BCUT2D eigenvalue weighted by Crippen LogP contribution is 2.25. The summed E-state index contributed by atoms with van der Waals surface area (Å²) in [6.07, 6.45) is 1.54. The van der Waals surface area contributed by atoms with Crippen LogP contribution in [0.2, 0.25) is 0 Å². The average molecular weight is 383 g/mol. The van der Waals surface area contributed by atoms with Gasteiger partial charge in [0.15, 0.2) is 0 Å². The molecule has 2 amide bonds. The molecule has 6 nitrogen and oxygen atoms in total. The van der Waals surface area contributed by atoms with Crippen LogP contribution in [0.15, 0.2) is 52.5 Å². The predicted octanol–water partition coefficient (Wildman–Crippen LogP) is 3.57.